The highest BCUT2D eigenvalue weighted by Crippen LogP contribution is 2.25. The number of nitrogens with one attached hydrogen (secondary N) is 2. The van der Waals surface area contributed by atoms with Gasteiger partial charge < -0.3 is 5.32 Å². The van der Waals surface area contributed by atoms with Gasteiger partial charge in [0.25, 0.3) is 5.91 Å². The highest BCUT2D eigenvalue weighted by atomic mass is 79.9. The number of nitrogens with two attached hydrogens (primary N) is 1. The first kappa shape index (κ1) is 18.8. The summed E-state index contributed by atoms with van der Waals surface area (Å²) in [5.41, 5.74) is 0.749. The summed E-state index contributed by atoms with van der Waals surface area (Å²) in [7, 11) is -3.81. The summed E-state index contributed by atoms with van der Waals surface area (Å²) in [4.78, 5) is 12.1. The van der Waals surface area contributed by atoms with Crippen molar-refractivity contribution in [2.75, 3.05) is 5.32 Å². The lowest BCUT2D eigenvalue weighted by molar-refractivity contribution is 0.0978. The van der Waals surface area contributed by atoms with Crippen molar-refractivity contribution in [3.05, 3.63) is 57.5 Å². The molecule has 0 fully saturated rings. The van der Waals surface area contributed by atoms with Crippen LogP contribution in [0.2, 0.25) is 5.02 Å². The predicted octanol–water partition coefficient (Wildman–Crippen LogP) is 2.88. The maximum Gasteiger partial charge on any atom is 0.258 e. The molecule has 0 spiro atoms. The van der Waals surface area contributed by atoms with E-state index >= 15 is 0 Å². The number of hydrogen-bond donors (Lipinski definition) is 3. The molecule has 6 nitrogen and oxygen atoms in total. The summed E-state index contributed by atoms with van der Waals surface area (Å²) in [6.07, 6.45) is 0. The summed E-state index contributed by atoms with van der Waals surface area (Å²) in [6, 6.07) is 10.7. The van der Waals surface area contributed by atoms with Crippen molar-refractivity contribution in [1.29, 1.82) is 0 Å². The fraction of sp³-hybridized carbons (Fsp3) is 0. The van der Waals surface area contributed by atoms with Crippen LogP contribution in [0.25, 0.3) is 0 Å². The molecule has 4 N–H and O–H groups in total. The third-order valence-corrected chi connectivity index (χ3v) is 4.96. The maximum atomic E-state index is 12.1. The number of thiocarbonyl (C=S) groups is 1. The molecule has 0 bridgehead atoms. The molecule has 2 rings (SSSR count). The standard InChI is InChI=1S/C14H11BrClN3O3S2/c15-10-7-8(24(17,21)22)5-6-12(10)18-14(23)19-13(20)9-3-1-2-4-11(9)16/h1-7H,(H2,17,21,22)(H2,18,19,20,23). The fourth-order valence-corrected chi connectivity index (χ4v) is 3.34. The Labute approximate surface area is 157 Å². The Morgan fingerprint density at radius 3 is 2.46 bits per heavy atom. The minimum Gasteiger partial charge on any atom is -0.331 e. The summed E-state index contributed by atoms with van der Waals surface area (Å²) in [5, 5.41) is 10.7. The van der Waals surface area contributed by atoms with Gasteiger partial charge in [0.15, 0.2) is 5.11 Å². The number of primary sulfonamides is 1. The third-order valence-electron chi connectivity index (χ3n) is 2.86. The number of benzene rings is 2. The largest absolute Gasteiger partial charge is 0.331 e. The molecule has 2 aromatic carbocycles. The molecule has 126 valence electrons. The van der Waals surface area contributed by atoms with E-state index in [2.05, 4.69) is 26.6 Å². The number of sulfonamides is 1. The minimum absolute atomic E-state index is 0.0315. The molecule has 1 amide bonds. The SMILES string of the molecule is NS(=O)(=O)c1ccc(NC(=S)NC(=O)c2ccccc2Cl)c(Br)c1. The molecule has 0 unspecified atom stereocenters. The van der Waals surface area contributed by atoms with Crippen molar-refractivity contribution in [2.24, 2.45) is 5.14 Å². The maximum absolute atomic E-state index is 12.1. The molecule has 0 atom stereocenters. The van der Waals surface area contributed by atoms with Gasteiger partial charge in [-0.15, -0.1) is 0 Å². The van der Waals surface area contributed by atoms with Crippen molar-refractivity contribution in [3.8, 4) is 0 Å². The van der Waals surface area contributed by atoms with Crippen molar-refractivity contribution in [1.82, 2.24) is 5.32 Å². The van der Waals surface area contributed by atoms with Crippen molar-refractivity contribution in [2.45, 2.75) is 4.90 Å². The zero-order chi connectivity index (χ0) is 17.9. The monoisotopic (exact) mass is 447 g/mol. The lowest BCUT2D eigenvalue weighted by Gasteiger charge is -2.12. The number of carbonyl (C=O) groups is 1. The van der Waals surface area contributed by atoms with Crippen LogP contribution < -0.4 is 15.8 Å². The Morgan fingerprint density at radius 2 is 1.88 bits per heavy atom. The van der Waals surface area contributed by atoms with Crippen molar-refractivity contribution >= 4 is 66.5 Å². The molecular weight excluding hydrogens is 438 g/mol. The van der Waals surface area contributed by atoms with E-state index in [9.17, 15) is 13.2 Å². The van der Waals surface area contributed by atoms with Gasteiger partial charge in [0, 0.05) is 4.47 Å². The second kappa shape index (κ2) is 7.58. The number of hydrogen-bond acceptors (Lipinski definition) is 4. The molecular formula is C14H11BrClN3O3S2. The van der Waals surface area contributed by atoms with Crippen LogP contribution >= 0.6 is 39.7 Å². The molecule has 2 aromatic rings. The summed E-state index contributed by atoms with van der Waals surface area (Å²) < 4.78 is 23.0. The number of anilines is 1. The van der Waals surface area contributed by atoms with Gasteiger partial charge in [0.05, 0.1) is 21.2 Å². The molecule has 0 aliphatic rings. The van der Waals surface area contributed by atoms with Crippen LogP contribution in [0.15, 0.2) is 51.8 Å². The van der Waals surface area contributed by atoms with Gasteiger partial charge >= 0.3 is 0 Å². The fourth-order valence-electron chi connectivity index (χ4n) is 1.74. The molecule has 0 heterocycles. The first-order valence-electron chi connectivity index (χ1n) is 6.37. The molecule has 10 heteroatoms. The summed E-state index contributed by atoms with van der Waals surface area (Å²) in [6.45, 7) is 0. The van der Waals surface area contributed by atoms with Crippen LogP contribution in [-0.4, -0.2) is 19.4 Å². The molecule has 0 aliphatic carbocycles. The molecule has 0 saturated carbocycles. The highest BCUT2D eigenvalue weighted by molar-refractivity contribution is 9.10. The first-order valence-corrected chi connectivity index (χ1v) is 9.50. The van der Waals surface area contributed by atoms with E-state index in [1.54, 1.807) is 24.3 Å². The zero-order valence-electron chi connectivity index (χ0n) is 11.9. The Kier molecular flexibility index (Phi) is 5.94. The first-order chi connectivity index (χ1) is 11.2. The summed E-state index contributed by atoms with van der Waals surface area (Å²) in [5.74, 6) is -0.463. The van der Waals surface area contributed by atoms with Gasteiger partial charge in [-0.25, -0.2) is 13.6 Å². The summed E-state index contributed by atoms with van der Waals surface area (Å²) >= 11 is 14.2. The van der Waals surface area contributed by atoms with Crippen molar-refractivity contribution in [3.63, 3.8) is 0 Å². The molecule has 0 aromatic heterocycles. The van der Waals surface area contributed by atoms with Crippen LogP contribution in [0.1, 0.15) is 10.4 Å². The Balaban J connectivity index is 2.10. The second-order valence-electron chi connectivity index (χ2n) is 4.57. The smallest absolute Gasteiger partial charge is 0.258 e. The van der Waals surface area contributed by atoms with Gasteiger partial charge in [0.1, 0.15) is 0 Å². The lowest BCUT2D eigenvalue weighted by Crippen LogP contribution is -2.34. The van der Waals surface area contributed by atoms with Crippen LogP contribution in [-0.2, 0) is 10.0 Å². The average molecular weight is 449 g/mol. The van der Waals surface area contributed by atoms with Crippen LogP contribution in [0.5, 0.6) is 0 Å². The van der Waals surface area contributed by atoms with Crippen molar-refractivity contribution < 1.29 is 13.2 Å². The van der Waals surface area contributed by atoms with Gasteiger partial charge in [-0.3, -0.25) is 10.1 Å². The number of amides is 1. The average Bonchev–Trinajstić information content (AvgIpc) is 2.48. The Bertz CT molecular complexity index is 919. The molecule has 0 saturated heterocycles. The quantitative estimate of drug-likeness (QED) is 0.627. The Morgan fingerprint density at radius 1 is 1.21 bits per heavy atom. The zero-order valence-corrected chi connectivity index (χ0v) is 15.9. The van der Waals surface area contributed by atoms with Crippen LogP contribution in [0, 0.1) is 0 Å². The van der Waals surface area contributed by atoms with Gasteiger partial charge in [-0.05, 0) is 58.5 Å². The van der Waals surface area contributed by atoms with Gasteiger partial charge in [-0.2, -0.15) is 0 Å². The normalized spacial score (nSPS) is 11.0. The predicted molar refractivity (Wildman–Crippen MR) is 101 cm³/mol. The number of carbonyl (C=O) groups excluding carboxylic acids is 1. The molecule has 0 aliphatic heterocycles. The minimum atomic E-state index is -3.81. The molecule has 24 heavy (non-hydrogen) atoms. The van der Waals surface area contributed by atoms with Crippen LogP contribution in [0.3, 0.4) is 0 Å². The van der Waals surface area contributed by atoms with E-state index < -0.39 is 15.9 Å². The van der Waals surface area contributed by atoms with Gasteiger partial charge in [0.2, 0.25) is 10.0 Å². The number of halogens is 2. The van der Waals surface area contributed by atoms with Crippen LogP contribution in [0.4, 0.5) is 5.69 Å². The van der Waals surface area contributed by atoms with E-state index in [1.807, 2.05) is 0 Å². The number of rotatable bonds is 3. The van der Waals surface area contributed by atoms with E-state index in [4.69, 9.17) is 29.0 Å². The van der Waals surface area contributed by atoms with E-state index in [0.717, 1.165) is 0 Å². The van der Waals surface area contributed by atoms with E-state index in [1.165, 1.54) is 18.2 Å². The lowest BCUT2D eigenvalue weighted by atomic mass is 10.2. The second-order valence-corrected chi connectivity index (χ2v) is 7.81. The van der Waals surface area contributed by atoms with E-state index in [0.29, 0.717) is 15.2 Å². The van der Waals surface area contributed by atoms with Gasteiger partial charge in [-0.1, -0.05) is 23.7 Å². The highest BCUT2D eigenvalue weighted by Gasteiger charge is 2.13. The molecule has 0 radical (unpaired) electrons. The third kappa shape index (κ3) is 4.74. The topological polar surface area (TPSA) is 101 Å². The Hall–Kier alpha value is -1.52. The van der Waals surface area contributed by atoms with E-state index in [-0.39, 0.29) is 15.6 Å².